The van der Waals surface area contributed by atoms with E-state index in [1.807, 2.05) is 31.2 Å². The quantitative estimate of drug-likeness (QED) is 0.168. The van der Waals surface area contributed by atoms with E-state index in [0.29, 0.717) is 18.6 Å². The molecule has 0 aliphatic carbocycles. The lowest BCUT2D eigenvalue weighted by molar-refractivity contribution is -0.148. The van der Waals surface area contributed by atoms with Gasteiger partial charge in [-0.1, -0.05) is 56.5 Å². The first-order chi connectivity index (χ1) is 16.0. The number of hydrogen-bond acceptors (Lipinski definition) is 5. The van der Waals surface area contributed by atoms with E-state index in [9.17, 15) is 9.59 Å². The maximum atomic E-state index is 12.0. The van der Waals surface area contributed by atoms with Crippen LogP contribution in [0.15, 0.2) is 55.3 Å². The Morgan fingerprint density at radius 2 is 1.73 bits per heavy atom. The van der Waals surface area contributed by atoms with Crippen LogP contribution < -0.4 is 4.74 Å². The molecule has 5 heteroatoms. The second kappa shape index (κ2) is 15.0. The zero-order valence-corrected chi connectivity index (χ0v) is 20.1. The Morgan fingerprint density at radius 1 is 1.00 bits per heavy atom. The number of nitrogens with zero attached hydrogens (tertiary/aromatic N) is 1. The van der Waals surface area contributed by atoms with Gasteiger partial charge in [-0.2, -0.15) is 0 Å². The van der Waals surface area contributed by atoms with Crippen LogP contribution in [0.25, 0.3) is 11.3 Å². The van der Waals surface area contributed by atoms with Crippen LogP contribution in [0, 0.1) is 0 Å². The molecule has 1 heterocycles. The van der Waals surface area contributed by atoms with E-state index in [0.717, 1.165) is 49.8 Å². The third kappa shape index (κ3) is 10.5. The van der Waals surface area contributed by atoms with Crippen molar-refractivity contribution < 1.29 is 19.1 Å². The molecule has 0 bridgehead atoms. The van der Waals surface area contributed by atoms with Crippen LogP contribution in [0.4, 0.5) is 0 Å². The lowest BCUT2D eigenvalue weighted by atomic mass is 10.0. The number of allylic oxidation sites excluding steroid dienone is 1. The van der Waals surface area contributed by atoms with Gasteiger partial charge in [0.1, 0.15) is 5.75 Å². The lowest BCUT2D eigenvalue weighted by Gasteiger charge is -2.12. The number of carbonyl (C=O) groups excluding carboxylic acids is 2. The maximum Gasteiger partial charge on any atom is 0.311 e. The third-order valence-corrected chi connectivity index (χ3v) is 5.47. The Bertz CT molecular complexity index is 858. The fourth-order valence-electron chi connectivity index (χ4n) is 3.46. The van der Waals surface area contributed by atoms with Crippen LogP contribution >= 0.6 is 0 Å². The van der Waals surface area contributed by atoms with Crippen molar-refractivity contribution >= 4 is 11.9 Å². The van der Waals surface area contributed by atoms with Gasteiger partial charge in [0.05, 0.1) is 18.0 Å². The number of aromatic nitrogens is 1. The van der Waals surface area contributed by atoms with E-state index in [4.69, 9.17) is 9.47 Å². The van der Waals surface area contributed by atoms with Gasteiger partial charge in [0, 0.05) is 18.4 Å². The molecule has 0 radical (unpaired) electrons. The van der Waals surface area contributed by atoms with Gasteiger partial charge >= 0.3 is 11.9 Å². The maximum absolute atomic E-state index is 12.0. The molecule has 1 aromatic carbocycles. The van der Waals surface area contributed by atoms with Crippen LogP contribution in [0.2, 0.25) is 0 Å². The molecule has 1 atom stereocenters. The van der Waals surface area contributed by atoms with Crippen LogP contribution in [-0.2, 0) is 20.7 Å². The number of rotatable bonds is 15. The van der Waals surface area contributed by atoms with Crippen molar-refractivity contribution in [1.82, 2.24) is 4.98 Å². The van der Waals surface area contributed by atoms with Gasteiger partial charge in [-0.3, -0.25) is 14.6 Å². The van der Waals surface area contributed by atoms with E-state index in [-0.39, 0.29) is 18.0 Å². The van der Waals surface area contributed by atoms with Gasteiger partial charge in [0.2, 0.25) is 0 Å². The first-order valence-electron chi connectivity index (χ1n) is 12.1. The van der Waals surface area contributed by atoms with Gasteiger partial charge < -0.3 is 9.47 Å². The minimum atomic E-state index is -0.209. The molecule has 5 nitrogen and oxygen atoms in total. The first-order valence-corrected chi connectivity index (χ1v) is 12.1. The van der Waals surface area contributed by atoms with E-state index >= 15 is 0 Å². The second-order valence-corrected chi connectivity index (χ2v) is 8.34. The van der Waals surface area contributed by atoms with E-state index in [2.05, 4.69) is 23.7 Å². The van der Waals surface area contributed by atoms with Crippen molar-refractivity contribution in [2.75, 3.05) is 0 Å². The molecular weight excluding hydrogens is 414 g/mol. The summed E-state index contributed by atoms with van der Waals surface area (Å²) in [5.74, 6) is 0.105. The number of unbranched alkanes of at least 4 members (excludes halogenated alkanes) is 5. The molecule has 0 N–H and O–H groups in total. The number of benzene rings is 1. The highest BCUT2D eigenvalue weighted by Crippen LogP contribution is 2.21. The summed E-state index contributed by atoms with van der Waals surface area (Å²) in [7, 11) is 0. The Labute approximate surface area is 198 Å². The molecule has 178 valence electrons. The minimum Gasteiger partial charge on any atom is -0.463 e. The number of carbonyl (C=O) groups is 2. The molecule has 0 amide bonds. The van der Waals surface area contributed by atoms with Gasteiger partial charge in [0.15, 0.2) is 0 Å². The van der Waals surface area contributed by atoms with E-state index < -0.39 is 0 Å². The normalized spacial score (nSPS) is 11.6. The number of aryl methyl sites for hydroxylation is 1. The summed E-state index contributed by atoms with van der Waals surface area (Å²) in [4.78, 5) is 27.8. The number of pyridine rings is 1. The lowest BCUT2D eigenvalue weighted by Crippen LogP contribution is -2.14. The van der Waals surface area contributed by atoms with Crippen molar-refractivity contribution in [3.63, 3.8) is 0 Å². The van der Waals surface area contributed by atoms with E-state index in [1.54, 1.807) is 19.2 Å². The molecule has 0 saturated carbocycles. The summed E-state index contributed by atoms with van der Waals surface area (Å²) < 4.78 is 10.7. The molecule has 2 aromatic rings. The van der Waals surface area contributed by atoms with Crippen LogP contribution in [0.3, 0.4) is 0 Å². The highest BCUT2D eigenvalue weighted by Gasteiger charge is 2.09. The molecular formula is C28H37NO4. The van der Waals surface area contributed by atoms with Crippen molar-refractivity contribution in [2.45, 2.75) is 84.2 Å². The van der Waals surface area contributed by atoms with E-state index in [1.165, 1.54) is 18.4 Å². The molecule has 0 spiro atoms. The topological polar surface area (TPSA) is 65.5 Å². The smallest absolute Gasteiger partial charge is 0.311 e. The zero-order valence-electron chi connectivity index (χ0n) is 20.1. The molecule has 1 unspecified atom stereocenters. The molecule has 0 aliphatic heterocycles. The van der Waals surface area contributed by atoms with Gasteiger partial charge in [-0.15, -0.1) is 6.58 Å². The zero-order chi connectivity index (χ0) is 23.9. The monoisotopic (exact) mass is 451 g/mol. The predicted molar refractivity (Wildman–Crippen MR) is 132 cm³/mol. The molecule has 33 heavy (non-hydrogen) atoms. The minimum absolute atomic E-state index is 0.0867. The fraction of sp³-hybridized carbons (Fsp3) is 0.464. The molecule has 2 rings (SSSR count). The standard InChI is InChI=1S/C28H37NO4/c1-4-6-7-8-9-10-11-12-28(31)33-25-19-20-26(29-21-25)24-17-15-23(16-18-24)14-13-22(3)32-27(30)5-2/h4,15-22H,1,5-14H2,2-3H3. The van der Waals surface area contributed by atoms with Gasteiger partial charge in [-0.25, -0.2) is 0 Å². The van der Waals surface area contributed by atoms with Crippen LogP contribution in [0.5, 0.6) is 5.75 Å². The summed E-state index contributed by atoms with van der Waals surface area (Å²) in [5.41, 5.74) is 3.01. The number of hydrogen-bond donors (Lipinski definition) is 0. The van der Waals surface area contributed by atoms with Crippen molar-refractivity contribution in [1.29, 1.82) is 0 Å². The predicted octanol–water partition coefficient (Wildman–Crippen LogP) is 6.85. The van der Waals surface area contributed by atoms with Crippen molar-refractivity contribution in [2.24, 2.45) is 0 Å². The molecule has 1 aromatic heterocycles. The van der Waals surface area contributed by atoms with Crippen LogP contribution in [0.1, 0.15) is 77.2 Å². The Morgan fingerprint density at radius 3 is 2.39 bits per heavy atom. The summed E-state index contributed by atoms with van der Waals surface area (Å²) in [6, 6.07) is 11.8. The van der Waals surface area contributed by atoms with Crippen molar-refractivity contribution in [3.05, 3.63) is 60.8 Å². The fourth-order valence-corrected chi connectivity index (χ4v) is 3.46. The largest absolute Gasteiger partial charge is 0.463 e. The average Bonchev–Trinajstić information content (AvgIpc) is 2.83. The highest BCUT2D eigenvalue weighted by molar-refractivity contribution is 5.72. The average molecular weight is 452 g/mol. The second-order valence-electron chi connectivity index (χ2n) is 8.34. The first kappa shape index (κ1) is 26.3. The van der Waals surface area contributed by atoms with Gasteiger partial charge in [0.25, 0.3) is 0 Å². The Balaban J connectivity index is 1.74. The summed E-state index contributed by atoms with van der Waals surface area (Å²) in [5, 5.41) is 0. The Hall–Kier alpha value is -2.95. The summed E-state index contributed by atoms with van der Waals surface area (Å²) in [6.07, 6.45) is 12.4. The molecule has 0 fully saturated rings. The summed E-state index contributed by atoms with van der Waals surface area (Å²) >= 11 is 0. The van der Waals surface area contributed by atoms with Crippen molar-refractivity contribution in [3.8, 4) is 17.0 Å². The SMILES string of the molecule is C=CCCCCCCCC(=O)Oc1ccc(-c2ccc(CCC(C)OC(=O)CC)cc2)nc1. The Kier molecular flexibility index (Phi) is 11.9. The summed E-state index contributed by atoms with van der Waals surface area (Å²) in [6.45, 7) is 7.45. The molecule has 0 aliphatic rings. The molecule has 0 saturated heterocycles. The number of esters is 2. The third-order valence-electron chi connectivity index (χ3n) is 5.47. The highest BCUT2D eigenvalue weighted by atomic mass is 16.5. The number of ether oxygens (including phenoxy) is 2. The van der Waals surface area contributed by atoms with Gasteiger partial charge in [-0.05, 0) is 56.7 Å². The van der Waals surface area contributed by atoms with Crippen LogP contribution in [-0.4, -0.2) is 23.0 Å².